The first-order valence-corrected chi connectivity index (χ1v) is 6.55. The van der Waals surface area contributed by atoms with Crippen molar-refractivity contribution >= 4 is 20.1 Å². The van der Waals surface area contributed by atoms with E-state index in [1.165, 1.54) is 11.4 Å². The molecule has 0 aliphatic carbocycles. The van der Waals surface area contributed by atoms with Crippen molar-refractivity contribution in [3.63, 3.8) is 0 Å². The van der Waals surface area contributed by atoms with Gasteiger partial charge in [0.05, 0.1) is 6.26 Å². The van der Waals surface area contributed by atoms with Gasteiger partial charge in [-0.15, -0.1) is 0 Å². The van der Waals surface area contributed by atoms with Gasteiger partial charge in [-0.1, -0.05) is 10.7 Å². The van der Waals surface area contributed by atoms with Crippen LogP contribution >= 0.6 is 0 Å². The van der Waals surface area contributed by atoms with E-state index >= 15 is 0 Å². The summed E-state index contributed by atoms with van der Waals surface area (Å²) >= 11 is 0. The maximum atomic E-state index is 11.3. The van der Waals surface area contributed by atoms with Crippen LogP contribution in [0, 0.1) is 0 Å². The molecule has 0 aliphatic rings. The van der Waals surface area contributed by atoms with Crippen LogP contribution < -0.4 is 5.14 Å². The summed E-state index contributed by atoms with van der Waals surface area (Å²) in [5.74, 6) is 0. The fourth-order valence-corrected chi connectivity index (χ4v) is 2.81. The van der Waals surface area contributed by atoms with Gasteiger partial charge in [-0.05, 0) is 0 Å². The molecule has 0 aromatic rings. The van der Waals surface area contributed by atoms with Crippen LogP contribution in [0.1, 0.15) is 6.92 Å². The van der Waals surface area contributed by atoms with Gasteiger partial charge in [-0.25, -0.2) is 22.1 Å². The fourth-order valence-electron chi connectivity index (χ4n) is 0.436. The van der Waals surface area contributed by atoms with Crippen molar-refractivity contribution in [3.8, 4) is 0 Å². The van der Waals surface area contributed by atoms with Crippen LogP contribution in [0.15, 0.2) is 3.77 Å². The van der Waals surface area contributed by atoms with Crippen LogP contribution in [0.5, 0.6) is 0 Å². The van der Waals surface area contributed by atoms with Crippen molar-refractivity contribution in [2.75, 3.05) is 19.8 Å². The second kappa shape index (κ2) is 3.69. The topological polar surface area (TPSA) is 92.8 Å². The van der Waals surface area contributed by atoms with Crippen LogP contribution in [0.4, 0.5) is 0 Å². The monoisotopic (exact) mass is 215 g/mol. The third-order valence-electron chi connectivity index (χ3n) is 1.13. The Morgan fingerprint density at radius 2 is 1.83 bits per heavy atom. The molecule has 0 aromatic heterocycles. The minimum absolute atomic E-state index is 0.369. The lowest BCUT2D eigenvalue weighted by atomic mass is 10.8. The van der Waals surface area contributed by atoms with Gasteiger partial charge >= 0.3 is 0 Å². The van der Waals surface area contributed by atoms with E-state index in [9.17, 15) is 12.6 Å². The van der Waals surface area contributed by atoms with Gasteiger partial charge in [0.25, 0.3) is 10.0 Å². The second-order valence-corrected chi connectivity index (χ2v) is 6.05. The molecule has 0 bridgehead atoms. The van der Waals surface area contributed by atoms with Gasteiger partial charge in [0.2, 0.25) is 0 Å². The zero-order chi connectivity index (χ0) is 9.99. The molecule has 8 heteroatoms. The molecule has 6 nitrogen and oxygen atoms in total. The molecule has 1 unspecified atom stereocenters. The van der Waals surface area contributed by atoms with Crippen molar-refractivity contribution in [2.24, 2.45) is 8.91 Å². The zero-order valence-electron chi connectivity index (χ0n) is 7.22. The van der Waals surface area contributed by atoms with Crippen molar-refractivity contribution in [3.05, 3.63) is 0 Å². The summed E-state index contributed by atoms with van der Waals surface area (Å²) in [6.45, 7) is 2.07. The van der Waals surface area contributed by atoms with Crippen LogP contribution in [0.2, 0.25) is 0 Å². The average Bonchev–Trinajstić information content (AvgIpc) is 1.80. The Morgan fingerprint density at radius 1 is 1.42 bits per heavy atom. The summed E-state index contributed by atoms with van der Waals surface area (Å²) < 4.78 is 36.7. The smallest absolute Gasteiger partial charge is 0.231 e. The lowest BCUT2D eigenvalue weighted by Crippen LogP contribution is -2.33. The van der Waals surface area contributed by atoms with E-state index in [1.54, 1.807) is 6.92 Å². The first-order valence-electron chi connectivity index (χ1n) is 3.16. The number of rotatable bonds is 3. The van der Waals surface area contributed by atoms with E-state index in [0.717, 1.165) is 6.26 Å². The standard InChI is InChI=1S/C4H13N3O3S2/c1-4-7(2)12(5,10)6-11(3,8)9/h4H2,1-3H3,(H2,5,6,10). The van der Waals surface area contributed by atoms with E-state index in [-0.39, 0.29) is 0 Å². The third-order valence-corrected chi connectivity index (χ3v) is 4.22. The molecule has 0 fully saturated rings. The van der Waals surface area contributed by atoms with Crippen molar-refractivity contribution in [1.82, 2.24) is 4.31 Å². The Morgan fingerprint density at radius 3 is 2.08 bits per heavy atom. The first kappa shape index (κ1) is 11.8. The highest BCUT2D eigenvalue weighted by molar-refractivity contribution is 8.00. The van der Waals surface area contributed by atoms with E-state index in [0.29, 0.717) is 6.54 Å². The Hall–Kier alpha value is -0.180. The molecule has 0 spiro atoms. The summed E-state index contributed by atoms with van der Waals surface area (Å²) in [6, 6.07) is 0. The third kappa shape index (κ3) is 4.00. The van der Waals surface area contributed by atoms with Gasteiger partial charge in [0, 0.05) is 13.6 Å². The van der Waals surface area contributed by atoms with Crippen LogP contribution in [0.3, 0.4) is 0 Å². The SMILES string of the molecule is CCN(C)S(N)(=O)=NS(C)(=O)=O. The number of hydrogen-bond acceptors (Lipinski definition) is 3. The summed E-state index contributed by atoms with van der Waals surface area (Å²) in [7, 11) is -5.46. The lowest BCUT2D eigenvalue weighted by molar-refractivity contribution is 0.540. The van der Waals surface area contributed by atoms with E-state index in [1.807, 2.05) is 0 Å². The molecule has 0 saturated heterocycles. The Kier molecular flexibility index (Phi) is 3.63. The Balaban J connectivity index is 5.13. The highest BCUT2D eigenvalue weighted by Crippen LogP contribution is 1.97. The number of nitrogens with two attached hydrogens (primary N) is 1. The number of hydrogen-bond donors (Lipinski definition) is 1. The number of sulfonamides is 1. The Bertz CT molecular complexity index is 352. The molecule has 0 aliphatic heterocycles. The largest absolute Gasteiger partial charge is 0.260 e. The summed E-state index contributed by atoms with van der Waals surface area (Å²) in [4.78, 5) is 0. The molecule has 0 amide bonds. The summed E-state index contributed by atoms with van der Waals surface area (Å²) in [5, 5.41) is 5.16. The molecule has 2 N–H and O–H groups in total. The predicted molar refractivity (Wildman–Crippen MR) is 47.9 cm³/mol. The molecular formula is C4H13N3O3S2. The molecule has 0 aromatic carbocycles. The van der Waals surface area contributed by atoms with Crippen LogP contribution in [-0.4, -0.2) is 36.8 Å². The zero-order valence-corrected chi connectivity index (χ0v) is 8.85. The average molecular weight is 215 g/mol. The maximum Gasteiger partial charge on any atom is 0.260 e. The van der Waals surface area contributed by atoms with Gasteiger partial charge in [-0.2, -0.15) is 0 Å². The minimum Gasteiger partial charge on any atom is -0.231 e. The molecular weight excluding hydrogens is 202 g/mol. The second-order valence-electron chi connectivity index (χ2n) is 2.29. The highest BCUT2D eigenvalue weighted by atomic mass is 32.3. The molecule has 1 atom stereocenters. The molecule has 0 heterocycles. The van der Waals surface area contributed by atoms with E-state index in [4.69, 9.17) is 5.14 Å². The molecule has 0 radical (unpaired) electrons. The summed E-state index contributed by atoms with van der Waals surface area (Å²) in [6.07, 6.45) is 0.850. The van der Waals surface area contributed by atoms with Crippen molar-refractivity contribution in [1.29, 1.82) is 0 Å². The van der Waals surface area contributed by atoms with Crippen molar-refractivity contribution < 1.29 is 12.6 Å². The van der Waals surface area contributed by atoms with E-state index in [2.05, 4.69) is 3.77 Å². The summed E-state index contributed by atoms with van der Waals surface area (Å²) in [5.41, 5.74) is 0. The van der Waals surface area contributed by atoms with Gasteiger partial charge in [0.1, 0.15) is 0 Å². The Labute approximate surface area is 73.2 Å². The molecule has 0 rings (SSSR count). The molecule has 12 heavy (non-hydrogen) atoms. The first-order chi connectivity index (χ1) is 5.19. The molecule has 74 valence electrons. The lowest BCUT2D eigenvalue weighted by Gasteiger charge is -2.13. The van der Waals surface area contributed by atoms with Crippen LogP contribution in [0.25, 0.3) is 0 Å². The van der Waals surface area contributed by atoms with Crippen molar-refractivity contribution in [2.45, 2.75) is 6.92 Å². The van der Waals surface area contributed by atoms with E-state index < -0.39 is 20.1 Å². The minimum atomic E-state index is -3.65. The van der Waals surface area contributed by atoms with Gasteiger partial charge in [-0.3, -0.25) is 0 Å². The predicted octanol–water partition coefficient (Wildman–Crippen LogP) is -0.846. The highest BCUT2D eigenvalue weighted by Gasteiger charge is 2.11. The van der Waals surface area contributed by atoms with Crippen LogP contribution in [-0.2, 0) is 20.1 Å². The molecule has 0 saturated carbocycles. The maximum absolute atomic E-state index is 11.3. The number of nitrogens with zero attached hydrogens (tertiary/aromatic N) is 2. The fraction of sp³-hybridized carbons (Fsp3) is 1.00. The van der Waals surface area contributed by atoms with Gasteiger partial charge in [0.15, 0.2) is 10.1 Å². The van der Waals surface area contributed by atoms with Gasteiger partial charge < -0.3 is 0 Å². The normalized spacial score (nSPS) is 17.4. The quantitative estimate of drug-likeness (QED) is 0.665.